The molecular formula is C14H23BrN2O2. The fourth-order valence-electron chi connectivity index (χ4n) is 3.19. The molecule has 0 aliphatic heterocycles. The molecule has 0 amide bonds. The van der Waals surface area contributed by atoms with Crippen molar-refractivity contribution in [2.45, 2.75) is 51.7 Å². The lowest BCUT2D eigenvalue weighted by Crippen LogP contribution is -2.28. The second-order valence-corrected chi connectivity index (χ2v) is 6.27. The SMILES string of the molecule is CCC1(C(O)c2c(Br)cnn2CCOC)CCCC1. The van der Waals surface area contributed by atoms with E-state index in [1.807, 2.05) is 4.68 Å². The van der Waals surface area contributed by atoms with E-state index in [1.165, 1.54) is 12.8 Å². The zero-order chi connectivity index (χ0) is 13.9. The average Bonchev–Trinajstić information content (AvgIpc) is 3.03. The molecule has 1 aromatic rings. The monoisotopic (exact) mass is 330 g/mol. The number of hydrogen-bond donors (Lipinski definition) is 1. The largest absolute Gasteiger partial charge is 0.386 e. The molecule has 1 fully saturated rings. The van der Waals surface area contributed by atoms with Crippen LogP contribution in [0, 0.1) is 5.41 Å². The van der Waals surface area contributed by atoms with Gasteiger partial charge in [-0.2, -0.15) is 5.10 Å². The van der Waals surface area contributed by atoms with Crippen LogP contribution in [0.1, 0.15) is 50.8 Å². The first kappa shape index (κ1) is 15.0. The Hall–Kier alpha value is -0.390. The van der Waals surface area contributed by atoms with E-state index in [4.69, 9.17) is 4.74 Å². The smallest absolute Gasteiger partial charge is 0.102 e. The van der Waals surface area contributed by atoms with Crippen LogP contribution in [0.4, 0.5) is 0 Å². The Morgan fingerprint density at radius 2 is 2.21 bits per heavy atom. The molecule has 4 nitrogen and oxygen atoms in total. The summed E-state index contributed by atoms with van der Waals surface area (Å²) in [6, 6.07) is 0. The number of hydrogen-bond acceptors (Lipinski definition) is 3. The molecule has 0 aromatic carbocycles. The van der Waals surface area contributed by atoms with Gasteiger partial charge in [-0.05, 0) is 35.2 Å². The zero-order valence-corrected chi connectivity index (χ0v) is 13.3. The second-order valence-electron chi connectivity index (χ2n) is 5.42. The summed E-state index contributed by atoms with van der Waals surface area (Å²) in [5.41, 5.74) is 0.925. The molecule has 1 aromatic heterocycles. The minimum Gasteiger partial charge on any atom is -0.386 e. The number of ether oxygens (including phenoxy) is 1. The van der Waals surface area contributed by atoms with Crippen LogP contribution in [0.5, 0.6) is 0 Å². The maximum atomic E-state index is 10.9. The maximum absolute atomic E-state index is 10.9. The molecule has 0 radical (unpaired) electrons. The third kappa shape index (κ3) is 2.88. The summed E-state index contributed by atoms with van der Waals surface area (Å²) < 4.78 is 7.88. The molecule has 19 heavy (non-hydrogen) atoms. The van der Waals surface area contributed by atoms with Crippen molar-refractivity contribution >= 4 is 15.9 Å². The topological polar surface area (TPSA) is 47.3 Å². The first-order chi connectivity index (χ1) is 9.14. The fraction of sp³-hybridized carbons (Fsp3) is 0.786. The summed E-state index contributed by atoms with van der Waals surface area (Å²) in [7, 11) is 1.68. The van der Waals surface area contributed by atoms with E-state index < -0.39 is 6.10 Å². The zero-order valence-electron chi connectivity index (χ0n) is 11.7. The quantitative estimate of drug-likeness (QED) is 0.870. The highest BCUT2D eigenvalue weighted by Gasteiger charge is 2.41. The molecule has 5 heteroatoms. The van der Waals surface area contributed by atoms with Crippen LogP contribution in [-0.2, 0) is 11.3 Å². The first-order valence-corrected chi connectivity index (χ1v) is 7.82. The number of halogens is 1. The molecule has 1 unspecified atom stereocenters. The van der Waals surface area contributed by atoms with Gasteiger partial charge in [-0.3, -0.25) is 4.68 Å². The molecule has 0 spiro atoms. The standard InChI is InChI=1S/C14H23BrN2O2/c1-3-14(6-4-5-7-14)13(18)12-11(15)10-16-17(12)8-9-19-2/h10,13,18H,3-9H2,1-2H3. The van der Waals surface area contributed by atoms with Crippen molar-refractivity contribution in [3.63, 3.8) is 0 Å². The molecular weight excluding hydrogens is 308 g/mol. The van der Waals surface area contributed by atoms with Gasteiger partial charge < -0.3 is 9.84 Å². The summed E-state index contributed by atoms with van der Waals surface area (Å²) in [5, 5.41) is 15.2. The van der Waals surface area contributed by atoms with Crippen LogP contribution >= 0.6 is 15.9 Å². The molecule has 1 N–H and O–H groups in total. The number of aliphatic hydroxyl groups excluding tert-OH is 1. The van der Waals surface area contributed by atoms with Crippen molar-refractivity contribution in [2.24, 2.45) is 5.41 Å². The highest BCUT2D eigenvalue weighted by atomic mass is 79.9. The van der Waals surface area contributed by atoms with E-state index in [2.05, 4.69) is 28.0 Å². The summed E-state index contributed by atoms with van der Waals surface area (Å²) in [4.78, 5) is 0. The highest BCUT2D eigenvalue weighted by molar-refractivity contribution is 9.10. The summed E-state index contributed by atoms with van der Waals surface area (Å²) >= 11 is 3.53. The Bertz CT molecular complexity index is 414. The Morgan fingerprint density at radius 1 is 1.53 bits per heavy atom. The van der Waals surface area contributed by atoms with Crippen molar-refractivity contribution in [1.82, 2.24) is 9.78 Å². The number of methoxy groups -OCH3 is 1. The highest BCUT2D eigenvalue weighted by Crippen LogP contribution is 2.50. The van der Waals surface area contributed by atoms with E-state index in [1.54, 1.807) is 13.3 Å². The van der Waals surface area contributed by atoms with Crippen LogP contribution in [0.2, 0.25) is 0 Å². The van der Waals surface area contributed by atoms with Crippen LogP contribution in [-0.4, -0.2) is 28.6 Å². The lowest BCUT2D eigenvalue weighted by atomic mass is 9.76. The molecule has 1 heterocycles. The molecule has 0 saturated heterocycles. The van der Waals surface area contributed by atoms with Crippen LogP contribution in [0.15, 0.2) is 10.7 Å². The van der Waals surface area contributed by atoms with Crippen molar-refractivity contribution in [1.29, 1.82) is 0 Å². The minimum absolute atomic E-state index is 0.0212. The minimum atomic E-state index is -0.450. The normalized spacial score (nSPS) is 19.8. The van der Waals surface area contributed by atoms with Crippen molar-refractivity contribution in [3.8, 4) is 0 Å². The third-order valence-corrected chi connectivity index (χ3v) is 5.09. The molecule has 2 rings (SSSR count). The van der Waals surface area contributed by atoms with E-state index in [0.717, 1.165) is 29.4 Å². The summed E-state index contributed by atoms with van der Waals surface area (Å²) in [5.74, 6) is 0. The van der Waals surface area contributed by atoms with E-state index >= 15 is 0 Å². The van der Waals surface area contributed by atoms with Gasteiger partial charge in [0.25, 0.3) is 0 Å². The van der Waals surface area contributed by atoms with Gasteiger partial charge in [0.05, 0.1) is 29.5 Å². The Kier molecular flexibility index (Phi) is 5.03. The van der Waals surface area contributed by atoms with Gasteiger partial charge in [0.2, 0.25) is 0 Å². The molecule has 1 atom stereocenters. The van der Waals surface area contributed by atoms with Gasteiger partial charge in [0.1, 0.15) is 6.10 Å². The van der Waals surface area contributed by atoms with Crippen molar-refractivity contribution in [3.05, 3.63) is 16.4 Å². The molecule has 0 bridgehead atoms. The van der Waals surface area contributed by atoms with E-state index in [-0.39, 0.29) is 5.41 Å². The Balaban J connectivity index is 2.26. The Morgan fingerprint density at radius 3 is 2.79 bits per heavy atom. The molecule has 1 saturated carbocycles. The lowest BCUT2D eigenvalue weighted by molar-refractivity contribution is 0.0155. The third-order valence-electron chi connectivity index (χ3n) is 4.48. The van der Waals surface area contributed by atoms with Crippen LogP contribution in [0.25, 0.3) is 0 Å². The van der Waals surface area contributed by atoms with Gasteiger partial charge in [0, 0.05) is 12.5 Å². The lowest BCUT2D eigenvalue weighted by Gasteiger charge is -2.33. The molecule has 108 valence electrons. The van der Waals surface area contributed by atoms with Gasteiger partial charge in [-0.25, -0.2) is 0 Å². The molecule has 1 aliphatic carbocycles. The van der Waals surface area contributed by atoms with Gasteiger partial charge in [-0.15, -0.1) is 0 Å². The number of nitrogens with zero attached hydrogens (tertiary/aromatic N) is 2. The number of aliphatic hydroxyl groups is 1. The van der Waals surface area contributed by atoms with Gasteiger partial charge in [0.15, 0.2) is 0 Å². The first-order valence-electron chi connectivity index (χ1n) is 7.03. The fourth-order valence-corrected chi connectivity index (χ4v) is 3.70. The Labute approximate surface area is 123 Å². The summed E-state index contributed by atoms with van der Waals surface area (Å²) in [6.45, 7) is 3.46. The van der Waals surface area contributed by atoms with Crippen molar-refractivity contribution < 1.29 is 9.84 Å². The van der Waals surface area contributed by atoms with E-state index in [9.17, 15) is 5.11 Å². The van der Waals surface area contributed by atoms with Gasteiger partial charge >= 0.3 is 0 Å². The van der Waals surface area contributed by atoms with Gasteiger partial charge in [-0.1, -0.05) is 19.8 Å². The maximum Gasteiger partial charge on any atom is 0.102 e. The number of aromatic nitrogens is 2. The van der Waals surface area contributed by atoms with Crippen LogP contribution < -0.4 is 0 Å². The predicted octanol–water partition coefficient (Wildman–Crippen LogP) is 3.30. The van der Waals surface area contributed by atoms with Crippen LogP contribution in [0.3, 0.4) is 0 Å². The molecule has 1 aliphatic rings. The summed E-state index contributed by atoms with van der Waals surface area (Å²) in [6.07, 6.45) is 6.97. The second kappa shape index (κ2) is 6.37. The average molecular weight is 331 g/mol. The predicted molar refractivity (Wildman–Crippen MR) is 78.0 cm³/mol. The van der Waals surface area contributed by atoms with E-state index in [0.29, 0.717) is 13.2 Å². The number of rotatable bonds is 6. The van der Waals surface area contributed by atoms with Crippen molar-refractivity contribution in [2.75, 3.05) is 13.7 Å².